The van der Waals surface area contributed by atoms with E-state index in [1.165, 1.54) is 13.8 Å². The molecule has 2 heterocycles. The second-order valence-corrected chi connectivity index (χ2v) is 15.8. The molecule has 2 aliphatic heterocycles. The predicted molar refractivity (Wildman–Crippen MR) is 234 cm³/mol. The molecule has 2 unspecified atom stereocenters. The Morgan fingerprint density at radius 1 is 0.692 bits per heavy atom. The fraction of sp³-hybridized carbons (Fsp3) is 0.413. The van der Waals surface area contributed by atoms with Gasteiger partial charge in [-0.15, -0.1) is 0 Å². The van der Waals surface area contributed by atoms with Crippen molar-refractivity contribution in [3.8, 4) is 11.5 Å². The van der Waals surface area contributed by atoms with Gasteiger partial charge in [-0.1, -0.05) is 24.3 Å². The van der Waals surface area contributed by atoms with Crippen molar-refractivity contribution in [3.63, 3.8) is 0 Å². The number of fused-ring (bicyclic) bond motifs is 6. The quantitative estimate of drug-likeness (QED) is 0.0614. The predicted octanol–water partition coefficient (Wildman–Crippen LogP) is 3.98. The highest BCUT2D eigenvalue weighted by Gasteiger charge is 2.52. The summed E-state index contributed by atoms with van der Waals surface area (Å²) in [5.41, 5.74) is 1.47. The summed E-state index contributed by atoms with van der Waals surface area (Å²) in [7, 11) is 0. The third-order valence-electron chi connectivity index (χ3n) is 10.7. The maximum atomic E-state index is 13.7. The van der Waals surface area contributed by atoms with E-state index in [0.717, 1.165) is 5.57 Å². The number of nitrogens with one attached hydrogen (secondary N) is 6. The largest absolute Gasteiger partial charge is 0.481 e. The van der Waals surface area contributed by atoms with Crippen LogP contribution in [0.1, 0.15) is 102 Å². The summed E-state index contributed by atoms with van der Waals surface area (Å²) in [4.78, 5) is 110. The Bertz CT molecular complexity index is 2180. The Kier molecular flexibility index (Phi) is 17.1. The normalized spacial score (nSPS) is 16.5. The first-order valence-electron chi connectivity index (χ1n) is 21.4. The molecule has 65 heavy (non-hydrogen) atoms. The van der Waals surface area contributed by atoms with Crippen LogP contribution in [-0.2, 0) is 53.5 Å². The van der Waals surface area contributed by atoms with Gasteiger partial charge < -0.3 is 51.6 Å². The van der Waals surface area contributed by atoms with E-state index in [1.54, 1.807) is 36.4 Å². The molecule has 1 fully saturated rings. The Balaban J connectivity index is 1.36. The molecule has 1 spiro atoms. The van der Waals surface area contributed by atoms with Gasteiger partial charge in [0, 0.05) is 80.0 Å². The van der Waals surface area contributed by atoms with Gasteiger partial charge in [0.25, 0.3) is 0 Å². The van der Waals surface area contributed by atoms with Crippen LogP contribution in [-0.4, -0.2) is 88.7 Å². The maximum absolute atomic E-state index is 13.7. The lowest BCUT2D eigenvalue weighted by Gasteiger charge is -2.44. The molecule has 19 nitrogen and oxygen atoms in total. The summed E-state index contributed by atoms with van der Waals surface area (Å²) in [6, 6.07) is 7.89. The molecule has 2 atom stereocenters. The van der Waals surface area contributed by atoms with Gasteiger partial charge in [0.05, 0.1) is 19.3 Å². The first-order valence-corrected chi connectivity index (χ1v) is 21.4. The second-order valence-electron chi connectivity index (χ2n) is 15.8. The van der Waals surface area contributed by atoms with Gasteiger partial charge in [-0.05, 0) is 74.8 Å². The van der Waals surface area contributed by atoms with Crippen LogP contribution in [0.25, 0.3) is 0 Å². The van der Waals surface area contributed by atoms with Gasteiger partial charge in [0.15, 0.2) is 5.60 Å². The van der Waals surface area contributed by atoms with Crippen LogP contribution in [0.3, 0.4) is 0 Å². The fourth-order valence-electron chi connectivity index (χ4n) is 7.72. The Hall–Kier alpha value is -7.31. The summed E-state index contributed by atoms with van der Waals surface area (Å²) in [5.74, 6) is -4.91. The van der Waals surface area contributed by atoms with Crippen LogP contribution in [0, 0.1) is 0 Å². The first-order chi connectivity index (χ1) is 31.0. The van der Waals surface area contributed by atoms with Crippen LogP contribution in [0.4, 0.5) is 11.4 Å². The van der Waals surface area contributed by atoms with Crippen molar-refractivity contribution in [2.75, 3.05) is 23.7 Å². The van der Waals surface area contributed by atoms with Crippen LogP contribution in [0.15, 0.2) is 71.8 Å². The standard InChI is InChI=1S/C46H54N6O13/c1-27(53)49-35(12-6-8-22-47-39(55)18-20-41(57)58)44(62)51-30-14-16-33-37(25-30)64-38-26-31(15-17-34(38)46(33)32-11-5-3-4-10-29(32)24-43(61)65-46)52-45(63)36(50-28(2)54)13-7-9-23-48-40(56)19-21-42(59)60/h3,5,10-11,14-17,25-26,35-36H,4,6-9,12-13,18-24H2,1-2H3,(H,47,55)(H,48,56)(H,49,53)(H,50,54)(H,51,62)(H,52,63)(H,57,58)(H,59,60). The smallest absolute Gasteiger partial charge is 0.311 e. The lowest BCUT2D eigenvalue weighted by atomic mass is 9.72. The second kappa shape index (κ2) is 22.9. The van der Waals surface area contributed by atoms with E-state index in [4.69, 9.17) is 19.7 Å². The number of benzene rings is 2. The number of carbonyl (C=O) groups excluding carboxylic acids is 7. The molecule has 1 saturated heterocycles. The zero-order valence-electron chi connectivity index (χ0n) is 36.2. The maximum Gasteiger partial charge on any atom is 0.311 e. The van der Waals surface area contributed by atoms with Gasteiger partial charge >= 0.3 is 17.9 Å². The summed E-state index contributed by atoms with van der Waals surface area (Å²) in [6.07, 6.45) is 9.68. The molecular weight excluding hydrogens is 845 g/mol. The van der Waals surface area contributed by atoms with Gasteiger partial charge in [-0.2, -0.15) is 0 Å². The highest BCUT2D eigenvalue weighted by molar-refractivity contribution is 5.98. The topological polar surface area (TPSA) is 285 Å². The third kappa shape index (κ3) is 13.6. The molecule has 2 aromatic carbocycles. The lowest BCUT2D eigenvalue weighted by Crippen LogP contribution is -2.43. The summed E-state index contributed by atoms with van der Waals surface area (Å²) in [5, 5.41) is 33.9. The number of allylic oxidation sites excluding steroid dienone is 4. The van der Waals surface area contributed by atoms with E-state index < -0.39 is 71.0 Å². The number of hydrogen-bond donors (Lipinski definition) is 8. The molecule has 2 aromatic rings. The van der Waals surface area contributed by atoms with E-state index in [0.29, 0.717) is 60.2 Å². The highest BCUT2D eigenvalue weighted by Crippen LogP contribution is 2.57. The zero-order chi connectivity index (χ0) is 47.1. The van der Waals surface area contributed by atoms with E-state index >= 15 is 0 Å². The minimum Gasteiger partial charge on any atom is -0.481 e. The van der Waals surface area contributed by atoms with Crippen molar-refractivity contribution in [1.29, 1.82) is 0 Å². The Morgan fingerprint density at radius 3 is 1.65 bits per heavy atom. The average molecular weight is 899 g/mol. The van der Waals surface area contributed by atoms with Gasteiger partial charge in [-0.25, -0.2) is 0 Å². The molecule has 0 bridgehead atoms. The van der Waals surface area contributed by atoms with E-state index in [2.05, 4.69) is 31.9 Å². The molecule has 0 saturated carbocycles. The van der Waals surface area contributed by atoms with E-state index in [9.17, 15) is 43.2 Å². The van der Waals surface area contributed by atoms with Crippen molar-refractivity contribution < 1.29 is 62.8 Å². The Labute approximate surface area is 374 Å². The molecule has 8 N–H and O–H groups in total. The van der Waals surface area contributed by atoms with Gasteiger partial charge in [-0.3, -0.25) is 43.2 Å². The molecule has 19 heteroatoms. The number of carbonyl (C=O) groups is 9. The number of hydrogen-bond acceptors (Lipinski definition) is 11. The van der Waals surface area contributed by atoms with Crippen LogP contribution in [0.2, 0.25) is 0 Å². The molecular formula is C46H54N6O13. The van der Waals surface area contributed by atoms with Crippen molar-refractivity contribution in [2.45, 2.75) is 109 Å². The van der Waals surface area contributed by atoms with Crippen LogP contribution >= 0.6 is 0 Å². The molecule has 5 rings (SSSR count). The summed E-state index contributed by atoms with van der Waals surface area (Å²) < 4.78 is 12.9. The van der Waals surface area contributed by atoms with Crippen molar-refractivity contribution in [3.05, 3.63) is 83.0 Å². The number of esters is 1. The summed E-state index contributed by atoms with van der Waals surface area (Å²) >= 11 is 0. The summed E-state index contributed by atoms with van der Waals surface area (Å²) in [6.45, 7) is 3.09. The van der Waals surface area contributed by atoms with Crippen LogP contribution < -0.4 is 36.6 Å². The van der Waals surface area contributed by atoms with Crippen molar-refractivity contribution in [2.24, 2.45) is 0 Å². The molecule has 346 valence electrons. The van der Waals surface area contributed by atoms with Gasteiger partial charge in [0.2, 0.25) is 35.4 Å². The molecule has 0 aromatic heterocycles. The number of anilines is 2. The fourth-order valence-corrected chi connectivity index (χ4v) is 7.72. The number of carboxylic acid groups (broad SMARTS) is 2. The number of ether oxygens (including phenoxy) is 2. The molecule has 3 aliphatic rings. The number of amides is 6. The number of unbranched alkanes of at least 4 members (excludes halogenated alkanes) is 2. The first kappa shape index (κ1) is 48.7. The number of aliphatic carboxylic acids is 2. The average Bonchev–Trinajstić information content (AvgIpc) is 3.49. The van der Waals surface area contributed by atoms with E-state index in [-0.39, 0.29) is 69.5 Å². The molecule has 0 radical (unpaired) electrons. The lowest BCUT2D eigenvalue weighted by molar-refractivity contribution is -0.155. The van der Waals surface area contributed by atoms with Crippen molar-refractivity contribution in [1.82, 2.24) is 21.3 Å². The SMILES string of the molecule is CC(=O)NC(CCCCNC(=O)CCC(=O)O)C(=O)Nc1ccc2c(c1)Oc1cc(NC(=O)C(CCCCNC(=O)CCC(=O)O)NC(C)=O)ccc1C21OC(=O)CC2=CCC=CC=C21. The Morgan fingerprint density at radius 2 is 1.18 bits per heavy atom. The molecule has 1 aliphatic carbocycles. The minimum absolute atomic E-state index is 0.0341. The van der Waals surface area contributed by atoms with E-state index in [1.807, 2.05) is 24.3 Å². The minimum atomic E-state index is -1.51. The highest BCUT2D eigenvalue weighted by atomic mass is 16.6. The van der Waals surface area contributed by atoms with Gasteiger partial charge in [0.1, 0.15) is 23.6 Å². The number of carboxylic acids is 2. The monoisotopic (exact) mass is 898 g/mol. The molecule has 6 amide bonds. The number of rotatable bonds is 22. The zero-order valence-corrected chi connectivity index (χ0v) is 36.2. The third-order valence-corrected chi connectivity index (χ3v) is 10.7. The van der Waals surface area contributed by atoms with Crippen LogP contribution in [0.5, 0.6) is 11.5 Å². The van der Waals surface area contributed by atoms with Crippen molar-refractivity contribution >= 4 is 64.7 Å².